The molecule has 1 aliphatic heterocycles. The minimum atomic E-state index is 0.317. The fourth-order valence-electron chi connectivity index (χ4n) is 1.89. The average molecular weight is 244 g/mol. The van der Waals surface area contributed by atoms with Gasteiger partial charge >= 0.3 is 0 Å². The Morgan fingerprint density at radius 1 is 1.00 bits per heavy atom. The first kappa shape index (κ1) is 10.9. The molecular formula is C14H12O4. The van der Waals surface area contributed by atoms with Gasteiger partial charge in [-0.2, -0.15) is 0 Å². The number of ether oxygens (including phenoxy) is 2. The molecule has 4 nitrogen and oxygen atoms in total. The molecule has 3 rings (SSSR count). The Balaban J connectivity index is 1.98. The molecule has 0 aliphatic carbocycles. The van der Waals surface area contributed by atoms with Crippen LogP contribution in [0.4, 0.5) is 0 Å². The van der Waals surface area contributed by atoms with Crippen molar-refractivity contribution in [3.05, 3.63) is 36.1 Å². The lowest BCUT2D eigenvalue weighted by atomic mass is 10.1. The third kappa shape index (κ3) is 1.97. The highest BCUT2D eigenvalue weighted by Gasteiger charge is 2.12. The minimum absolute atomic E-state index is 0.317. The van der Waals surface area contributed by atoms with Gasteiger partial charge in [0, 0.05) is 12.0 Å². The second kappa shape index (κ2) is 4.56. The monoisotopic (exact) mass is 244 g/mol. The zero-order valence-electron chi connectivity index (χ0n) is 9.72. The average Bonchev–Trinajstić information content (AvgIpc) is 2.76. The molecule has 0 unspecified atom stereocenters. The van der Waals surface area contributed by atoms with Crippen LogP contribution in [0.3, 0.4) is 0 Å². The highest BCUT2D eigenvalue weighted by molar-refractivity contribution is 5.73. The second-order valence-electron chi connectivity index (χ2n) is 4.03. The van der Waals surface area contributed by atoms with E-state index in [1.807, 2.05) is 18.2 Å². The number of aldehydes is 1. The molecule has 1 aliphatic rings. The van der Waals surface area contributed by atoms with Gasteiger partial charge < -0.3 is 13.9 Å². The molecule has 92 valence electrons. The predicted molar refractivity (Wildman–Crippen MR) is 65.1 cm³/mol. The van der Waals surface area contributed by atoms with Crippen molar-refractivity contribution in [1.82, 2.24) is 0 Å². The molecule has 0 radical (unpaired) electrons. The fraction of sp³-hybridized carbons (Fsp3) is 0.214. The van der Waals surface area contributed by atoms with Crippen LogP contribution in [0.25, 0.3) is 11.3 Å². The van der Waals surface area contributed by atoms with Gasteiger partial charge in [0.2, 0.25) is 0 Å². The Morgan fingerprint density at radius 3 is 2.61 bits per heavy atom. The first-order chi connectivity index (χ1) is 8.86. The van der Waals surface area contributed by atoms with Crippen molar-refractivity contribution < 1.29 is 18.7 Å². The molecule has 0 atom stereocenters. The molecule has 0 amide bonds. The minimum Gasteiger partial charge on any atom is -0.490 e. The molecule has 1 aromatic carbocycles. The van der Waals surface area contributed by atoms with E-state index in [0.29, 0.717) is 36.8 Å². The van der Waals surface area contributed by atoms with E-state index < -0.39 is 0 Å². The molecular weight excluding hydrogens is 232 g/mol. The van der Waals surface area contributed by atoms with E-state index in [2.05, 4.69) is 0 Å². The number of furan rings is 1. The predicted octanol–water partition coefficient (Wildman–Crippen LogP) is 2.92. The van der Waals surface area contributed by atoms with E-state index in [-0.39, 0.29) is 0 Å². The summed E-state index contributed by atoms with van der Waals surface area (Å²) in [6.07, 6.45) is 1.56. The lowest BCUT2D eigenvalue weighted by Gasteiger charge is -2.07. The zero-order valence-corrected chi connectivity index (χ0v) is 9.72. The maximum atomic E-state index is 10.6. The summed E-state index contributed by atoms with van der Waals surface area (Å²) in [6, 6.07) is 9.03. The van der Waals surface area contributed by atoms with Crippen molar-refractivity contribution in [1.29, 1.82) is 0 Å². The van der Waals surface area contributed by atoms with Crippen molar-refractivity contribution in [3.63, 3.8) is 0 Å². The maximum absolute atomic E-state index is 10.6. The zero-order chi connectivity index (χ0) is 12.4. The van der Waals surface area contributed by atoms with Crippen LogP contribution in [0.2, 0.25) is 0 Å². The molecule has 0 spiro atoms. The number of rotatable bonds is 2. The van der Waals surface area contributed by atoms with Gasteiger partial charge in [-0.15, -0.1) is 0 Å². The number of hydrogen-bond acceptors (Lipinski definition) is 4. The SMILES string of the molecule is O=Cc1ccc(-c2ccc3c(c2)OCCCO3)o1. The Bertz CT molecular complexity index is 571. The van der Waals surface area contributed by atoms with Gasteiger partial charge in [0.25, 0.3) is 0 Å². The van der Waals surface area contributed by atoms with Crippen LogP contribution < -0.4 is 9.47 Å². The largest absolute Gasteiger partial charge is 0.490 e. The Kier molecular flexibility index (Phi) is 2.76. The number of carbonyl (C=O) groups excluding carboxylic acids is 1. The Hall–Kier alpha value is -2.23. The molecule has 0 saturated carbocycles. The standard InChI is InChI=1S/C14H12O4/c15-9-11-3-5-12(18-11)10-2-4-13-14(8-10)17-7-1-6-16-13/h2-5,8-9H,1,6-7H2. The summed E-state index contributed by atoms with van der Waals surface area (Å²) in [5.74, 6) is 2.43. The first-order valence-electron chi connectivity index (χ1n) is 5.82. The van der Waals surface area contributed by atoms with Crippen molar-refractivity contribution >= 4 is 6.29 Å². The van der Waals surface area contributed by atoms with Gasteiger partial charge in [-0.1, -0.05) is 0 Å². The van der Waals surface area contributed by atoms with Crippen LogP contribution in [0.5, 0.6) is 11.5 Å². The normalized spacial score (nSPS) is 14.0. The van der Waals surface area contributed by atoms with E-state index in [4.69, 9.17) is 13.9 Å². The smallest absolute Gasteiger partial charge is 0.185 e. The van der Waals surface area contributed by atoms with Crippen molar-refractivity contribution in [2.24, 2.45) is 0 Å². The van der Waals surface area contributed by atoms with E-state index in [1.165, 1.54) is 0 Å². The van der Waals surface area contributed by atoms with E-state index >= 15 is 0 Å². The molecule has 0 N–H and O–H groups in total. The molecule has 0 bridgehead atoms. The highest BCUT2D eigenvalue weighted by atomic mass is 16.5. The van der Waals surface area contributed by atoms with Crippen LogP contribution >= 0.6 is 0 Å². The molecule has 4 heteroatoms. The van der Waals surface area contributed by atoms with Crippen molar-refractivity contribution in [3.8, 4) is 22.8 Å². The summed E-state index contributed by atoms with van der Waals surface area (Å²) in [5.41, 5.74) is 0.868. The van der Waals surface area contributed by atoms with Gasteiger partial charge in [-0.05, 0) is 30.3 Å². The summed E-state index contributed by atoms with van der Waals surface area (Å²) >= 11 is 0. The van der Waals surface area contributed by atoms with E-state index in [9.17, 15) is 4.79 Å². The summed E-state index contributed by atoms with van der Waals surface area (Å²) < 4.78 is 16.5. The summed E-state index contributed by atoms with van der Waals surface area (Å²) in [4.78, 5) is 10.6. The number of carbonyl (C=O) groups is 1. The van der Waals surface area contributed by atoms with Gasteiger partial charge in [0.05, 0.1) is 13.2 Å². The van der Waals surface area contributed by atoms with Crippen LogP contribution in [0, 0.1) is 0 Å². The van der Waals surface area contributed by atoms with Crippen LogP contribution in [0.1, 0.15) is 17.0 Å². The summed E-state index contributed by atoms with van der Waals surface area (Å²) in [7, 11) is 0. The maximum Gasteiger partial charge on any atom is 0.185 e. The quantitative estimate of drug-likeness (QED) is 0.762. The van der Waals surface area contributed by atoms with Crippen LogP contribution in [-0.4, -0.2) is 19.5 Å². The van der Waals surface area contributed by atoms with E-state index in [0.717, 1.165) is 17.7 Å². The van der Waals surface area contributed by atoms with Gasteiger partial charge in [0.15, 0.2) is 23.5 Å². The topological polar surface area (TPSA) is 48.7 Å². The Morgan fingerprint density at radius 2 is 1.83 bits per heavy atom. The highest BCUT2D eigenvalue weighted by Crippen LogP contribution is 2.34. The lowest BCUT2D eigenvalue weighted by molar-refractivity contribution is 0.110. The third-order valence-corrected chi connectivity index (χ3v) is 2.77. The fourth-order valence-corrected chi connectivity index (χ4v) is 1.89. The van der Waals surface area contributed by atoms with Crippen LogP contribution in [0.15, 0.2) is 34.7 Å². The lowest BCUT2D eigenvalue weighted by Crippen LogP contribution is -1.97. The Labute approximate surface area is 104 Å². The van der Waals surface area contributed by atoms with Gasteiger partial charge in [0.1, 0.15) is 5.76 Å². The molecule has 18 heavy (non-hydrogen) atoms. The van der Waals surface area contributed by atoms with Gasteiger partial charge in [-0.3, -0.25) is 4.79 Å². The number of benzene rings is 1. The summed E-state index contributed by atoms with van der Waals surface area (Å²) in [5, 5.41) is 0. The molecule has 1 aromatic heterocycles. The van der Waals surface area contributed by atoms with Gasteiger partial charge in [-0.25, -0.2) is 0 Å². The molecule has 0 saturated heterocycles. The van der Waals surface area contributed by atoms with Crippen LogP contribution in [-0.2, 0) is 0 Å². The van der Waals surface area contributed by atoms with Crippen molar-refractivity contribution in [2.75, 3.05) is 13.2 Å². The number of fused-ring (bicyclic) bond motifs is 1. The van der Waals surface area contributed by atoms with Crippen molar-refractivity contribution in [2.45, 2.75) is 6.42 Å². The summed E-state index contributed by atoms with van der Waals surface area (Å²) in [6.45, 7) is 1.32. The first-order valence-corrected chi connectivity index (χ1v) is 5.82. The molecule has 2 aromatic rings. The molecule has 2 heterocycles. The van der Waals surface area contributed by atoms with E-state index in [1.54, 1.807) is 12.1 Å². The number of hydrogen-bond donors (Lipinski definition) is 0. The second-order valence-corrected chi connectivity index (χ2v) is 4.03. The third-order valence-electron chi connectivity index (χ3n) is 2.77. The molecule has 0 fully saturated rings.